The molecule has 0 amide bonds. The molecule has 0 spiro atoms. The van der Waals surface area contributed by atoms with Crippen LogP contribution < -0.4 is 15.2 Å². The molecule has 0 saturated heterocycles. The molecule has 1 aromatic heterocycles. The van der Waals surface area contributed by atoms with E-state index in [1.807, 2.05) is 11.4 Å². The van der Waals surface area contributed by atoms with Crippen LogP contribution in [0.3, 0.4) is 0 Å². The zero-order valence-electron chi connectivity index (χ0n) is 10.1. The molecule has 2 N–H and O–H groups in total. The first kappa shape index (κ1) is 12.9. The lowest BCUT2D eigenvalue weighted by atomic mass is 10.1. The Bertz CT molecular complexity index is 542. The van der Waals surface area contributed by atoms with E-state index in [-0.39, 0.29) is 5.82 Å². The van der Waals surface area contributed by atoms with Crippen LogP contribution in [0.25, 0.3) is 0 Å². The van der Waals surface area contributed by atoms with E-state index in [0.717, 1.165) is 10.6 Å². The molecule has 2 rings (SSSR count). The van der Waals surface area contributed by atoms with Crippen LogP contribution >= 0.6 is 11.3 Å². The SMILES string of the molecule is COc1csc(C(N)c2ccc(OC)cc2F)c1. The van der Waals surface area contributed by atoms with Gasteiger partial charge < -0.3 is 15.2 Å². The molecule has 5 heteroatoms. The molecular formula is C13H14FNO2S. The molecule has 0 fully saturated rings. The average Bonchev–Trinajstić information content (AvgIpc) is 2.86. The summed E-state index contributed by atoms with van der Waals surface area (Å²) >= 11 is 1.45. The first-order chi connectivity index (χ1) is 8.65. The zero-order chi connectivity index (χ0) is 13.1. The minimum Gasteiger partial charge on any atom is -0.497 e. The summed E-state index contributed by atoms with van der Waals surface area (Å²) in [6, 6.07) is 6.00. The monoisotopic (exact) mass is 267 g/mol. The number of benzene rings is 1. The van der Waals surface area contributed by atoms with Gasteiger partial charge in [0.05, 0.1) is 20.3 Å². The highest BCUT2D eigenvalue weighted by Crippen LogP contribution is 2.31. The first-order valence-electron chi connectivity index (χ1n) is 5.37. The zero-order valence-corrected chi connectivity index (χ0v) is 11.0. The molecule has 1 aromatic carbocycles. The average molecular weight is 267 g/mol. The lowest BCUT2D eigenvalue weighted by Gasteiger charge is -2.12. The number of hydrogen-bond acceptors (Lipinski definition) is 4. The first-order valence-corrected chi connectivity index (χ1v) is 6.25. The van der Waals surface area contributed by atoms with Gasteiger partial charge >= 0.3 is 0 Å². The van der Waals surface area contributed by atoms with Crippen LogP contribution in [0.1, 0.15) is 16.5 Å². The van der Waals surface area contributed by atoms with Gasteiger partial charge in [-0.1, -0.05) is 6.07 Å². The Labute approximate surface area is 109 Å². The molecule has 1 atom stereocenters. The van der Waals surface area contributed by atoms with Gasteiger partial charge in [-0.3, -0.25) is 0 Å². The van der Waals surface area contributed by atoms with Gasteiger partial charge in [-0.2, -0.15) is 0 Å². The molecule has 0 aliphatic heterocycles. The fourth-order valence-corrected chi connectivity index (χ4v) is 2.52. The molecule has 3 nitrogen and oxygen atoms in total. The van der Waals surface area contributed by atoms with E-state index >= 15 is 0 Å². The Morgan fingerprint density at radius 1 is 1.17 bits per heavy atom. The molecular weight excluding hydrogens is 253 g/mol. The Balaban J connectivity index is 2.30. The molecule has 0 aliphatic rings. The van der Waals surface area contributed by atoms with Crippen molar-refractivity contribution in [2.24, 2.45) is 5.73 Å². The summed E-state index contributed by atoms with van der Waals surface area (Å²) in [4.78, 5) is 0.857. The van der Waals surface area contributed by atoms with E-state index in [9.17, 15) is 4.39 Å². The molecule has 0 radical (unpaired) electrons. The maximum absolute atomic E-state index is 13.9. The molecule has 0 aliphatic carbocycles. The number of nitrogens with two attached hydrogens (primary N) is 1. The third kappa shape index (κ3) is 2.47. The number of ether oxygens (including phenoxy) is 2. The van der Waals surface area contributed by atoms with Crippen molar-refractivity contribution >= 4 is 11.3 Å². The topological polar surface area (TPSA) is 44.5 Å². The minimum atomic E-state index is -0.496. The summed E-state index contributed by atoms with van der Waals surface area (Å²) in [5.74, 6) is 0.848. The highest BCUT2D eigenvalue weighted by Gasteiger charge is 2.16. The van der Waals surface area contributed by atoms with Gasteiger partial charge in [-0.15, -0.1) is 11.3 Å². The van der Waals surface area contributed by atoms with Gasteiger partial charge in [0.25, 0.3) is 0 Å². The van der Waals surface area contributed by atoms with E-state index in [0.29, 0.717) is 11.3 Å². The van der Waals surface area contributed by atoms with Gasteiger partial charge in [0.2, 0.25) is 0 Å². The quantitative estimate of drug-likeness (QED) is 0.926. The lowest BCUT2D eigenvalue weighted by Crippen LogP contribution is -2.12. The summed E-state index contributed by atoms with van der Waals surface area (Å²) in [5, 5.41) is 1.84. The van der Waals surface area contributed by atoms with E-state index in [4.69, 9.17) is 15.2 Å². The number of rotatable bonds is 4. The Morgan fingerprint density at radius 2 is 1.89 bits per heavy atom. The van der Waals surface area contributed by atoms with Crippen LogP contribution in [0.5, 0.6) is 11.5 Å². The highest BCUT2D eigenvalue weighted by atomic mass is 32.1. The predicted octanol–water partition coefficient (Wildman–Crippen LogP) is 2.95. The summed E-state index contributed by atoms with van der Waals surface area (Å²) in [7, 11) is 3.09. The second-order valence-corrected chi connectivity index (χ2v) is 4.70. The standard InChI is InChI=1S/C13H14FNO2S/c1-16-8-3-4-10(11(14)5-8)13(15)12-6-9(17-2)7-18-12/h3-7,13H,15H2,1-2H3. The van der Waals surface area contributed by atoms with Crippen molar-refractivity contribution in [1.29, 1.82) is 0 Å². The molecule has 0 saturated carbocycles. The summed E-state index contributed by atoms with van der Waals surface area (Å²) < 4.78 is 23.9. The van der Waals surface area contributed by atoms with Crippen LogP contribution in [0.15, 0.2) is 29.6 Å². The minimum absolute atomic E-state index is 0.366. The van der Waals surface area contributed by atoms with Crippen LogP contribution in [0.4, 0.5) is 4.39 Å². The highest BCUT2D eigenvalue weighted by molar-refractivity contribution is 7.10. The summed E-state index contributed by atoms with van der Waals surface area (Å²) in [6.45, 7) is 0. The second kappa shape index (κ2) is 5.37. The van der Waals surface area contributed by atoms with Crippen LogP contribution in [0, 0.1) is 5.82 Å². The Kier molecular flexibility index (Phi) is 3.84. The van der Waals surface area contributed by atoms with E-state index in [1.54, 1.807) is 19.2 Å². The molecule has 0 bridgehead atoms. The second-order valence-electron chi connectivity index (χ2n) is 3.75. The van der Waals surface area contributed by atoms with Crippen molar-refractivity contribution < 1.29 is 13.9 Å². The van der Waals surface area contributed by atoms with E-state index in [1.165, 1.54) is 24.5 Å². The number of halogens is 1. The van der Waals surface area contributed by atoms with Crippen molar-refractivity contribution in [3.05, 3.63) is 45.9 Å². The number of thiophene rings is 1. The molecule has 2 aromatic rings. The van der Waals surface area contributed by atoms with Gasteiger partial charge in [0.15, 0.2) is 0 Å². The predicted molar refractivity (Wildman–Crippen MR) is 69.9 cm³/mol. The smallest absolute Gasteiger partial charge is 0.132 e. The molecule has 96 valence electrons. The third-order valence-corrected chi connectivity index (χ3v) is 3.67. The van der Waals surface area contributed by atoms with E-state index < -0.39 is 6.04 Å². The normalized spacial score (nSPS) is 12.2. The maximum Gasteiger partial charge on any atom is 0.132 e. The fourth-order valence-electron chi connectivity index (χ4n) is 1.64. The number of methoxy groups -OCH3 is 2. The summed E-state index contributed by atoms with van der Waals surface area (Å²) in [5.41, 5.74) is 6.50. The summed E-state index contributed by atoms with van der Waals surface area (Å²) in [6.07, 6.45) is 0. The Hall–Kier alpha value is -1.59. The van der Waals surface area contributed by atoms with Gasteiger partial charge in [-0.25, -0.2) is 4.39 Å². The molecule has 1 heterocycles. The lowest BCUT2D eigenvalue weighted by molar-refractivity contribution is 0.410. The van der Waals surface area contributed by atoms with Crippen molar-refractivity contribution in [2.75, 3.05) is 14.2 Å². The van der Waals surface area contributed by atoms with E-state index in [2.05, 4.69) is 0 Å². The van der Waals surface area contributed by atoms with Crippen molar-refractivity contribution in [3.8, 4) is 11.5 Å². The number of hydrogen-bond donors (Lipinski definition) is 1. The molecule has 1 unspecified atom stereocenters. The largest absolute Gasteiger partial charge is 0.497 e. The van der Waals surface area contributed by atoms with Gasteiger partial charge in [0.1, 0.15) is 17.3 Å². The fraction of sp³-hybridized carbons (Fsp3) is 0.231. The van der Waals surface area contributed by atoms with Crippen LogP contribution in [-0.4, -0.2) is 14.2 Å². The van der Waals surface area contributed by atoms with Crippen molar-refractivity contribution in [2.45, 2.75) is 6.04 Å². The Morgan fingerprint density at radius 3 is 2.44 bits per heavy atom. The third-order valence-electron chi connectivity index (χ3n) is 2.68. The maximum atomic E-state index is 13.9. The van der Waals surface area contributed by atoms with Gasteiger partial charge in [-0.05, 0) is 12.1 Å². The van der Waals surface area contributed by atoms with Crippen LogP contribution in [-0.2, 0) is 0 Å². The van der Waals surface area contributed by atoms with Crippen molar-refractivity contribution in [3.63, 3.8) is 0 Å². The van der Waals surface area contributed by atoms with Crippen molar-refractivity contribution in [1.82, 2.24) is 0 Å². The molecule has 18 heavy (non-hydrogen) atoms. The van der Waals surface area contributed by atoms with Gasteiger partial charge in [0, 0.05) is 21.9 Å². The van der Waals surface area contributed by atoms with Crippen LogP contribution in [0.2, 0.25) is 0 Å².